The van der Waals surface area contributed by atoms with Gasteiger partial charge < -0.3 is 9.47 Å². The fourth-order valence-electron chi connectivity index (χ4n) is 2.31. The molecule has 0 atom stereocenters. The van der Waals surface area contributed by atoms with Gasteiger partial charge in [-0.05, 0) is 19.1 Å². The predicted octanol–water partition coefficient (Wildman–Crippen LogP) is 2.49. The summed E-state index contributed by atoms with van der Waals surface area (Å²) in [6.45, 7) is 1.80. The SMILES string of the molecule is COc1ccc(/C=N\NC(=O)c2c(C)nc3sccn23)c(OC)c1. The Labute approximate surface area is 142 Å². The summed E-state index contributed by atoms with van der Waals surface area (Å²) in [5.41, 5.74) is 4.39. The second-order valence-corrected chi connectivity index (χ2v) is 5.78. The van der Waals surface area contributed by atoms with Gasteiger partial charge in [0.15, 0.2) is 4.96 Å². The summed E-state index contributed by atoms with van der Waals surface area (Å²) in [5.74, 6) is 0.970. The third-order valence-corrected chi connectivity index (χ3v) is 4.22. The Hall–Kier alpha value is -2.87. The van der Waals surface area contributed by atoms with Crippen LogP contribution >= 0.6 is 11.3 Å². The first kappa shape index (κ1) is 16.0. The van der Waals surface area contributed by atoms with E-state index < -0.39 is 0 Å². The molecule has 1 aromatic carbocycles. The molecule has 0 unspecified atom stereocenters. The minimum Gasteiger partial charge on any atom is -0.497 e. The molecule has 2 aromatic heterocycles. The minimum atomic E-state index is -0.317. The number of carbonyl (C=O) groups is 1. The quantitative estimate of drug-likeness (QED) is 0.570. The molecule has 3 aromatic rings. The average molecular weight is 344 g/mol. The number of nitrogens with one attached hydrogen (secondary N) is 1. The van der Waals surface area contributed by atoms with Crippen LogP contribution in [0.4, 0.5) is 0 Å². The van der Waals surface area contributed by atoms with E-state index in [0.717, 1.165) is 10.5 Å². The Kier molecular flexibility index (Phi) is 4.48. The summed E-state index contributed by atoms with van der Waals surface area (Å²) in [6.07, 6.45) is 3.34. The van der Waals surface area contributed by atoms with Gasteiger partial charge in [0.05, 0.1) is 26.1 Å². The Morgan fingerprint density at radius 3 is 2.96 bits per heavy atom. The Morgan fingerprint density at radius 2 is 2.21 bits per heavy atom. The monoisotopic (exact) mass is 344 g/mol. The van der Waals surface area contributed by atoms with Crippen LogP contribution < -0.4 is 14.9 Å². The van der Waals surface area contributed by atoms with E-state index in [0.29, 0.717) is 22.9 Å². The maximum Gasteiger partial charge on any atom is 0.290 e. The van der Waals surface area contributed by atoms with Crippen LogP contribution in [0, 0.1) is 6.92 Å². The second kappa shape index (κ2) is 6.71. The summed E-state index contributed by atoms with van der Waals surface area (Å²) < 4.78 is 12.2. The molecular formula is C16H16N4O3S. The number of ether oxygens (including phenoxy) is 2. The molecule has 8 heteroatoms. The number of rotatable bonds is 5. The van der Waals surface area contributed by atoms with Crippen molar-refractivity contribution in [3.05, 3.63) is 46.7 Å². The molecule has 0 fully saturated rings. The zero-order chi connectivity index (χ0) is 17.1. The van der Waals surface area contributed by atoms with Crippen molar-refractivity contribution in [2.75, 3.05) is 14.2 Å². The van der Waals surface area contributed by atoms with Gasteiger partial charge in [0.1, 0.15) is 17.2 Å². The van der Waals surface area contributed by atoms with Crippen LogP contribution in [0.2, 0.25) is 0 Å². The fourth-order valence-corrected chi connectivity index (χ4v) is 3.07. The van der Waals surface area contributed by atoms with Crippen LogP contribution in [0.5, 0.6) is 11.5 Å². The molecule has 7 nitrogen and oxygen atoms in total. The van der Waals surface area contributed by atoms with Crippen molar-refractivity contribution in [1.82, 2.24) is 14.8 Å². The van der Waals surface area contributed by atoms with Crippen LogP contribution in [-0.2, 0) is 0 Å². The molecule has 0 aliphatic rings. The highest BCUT2D eigenvalue weighted by Crippen LogP contribution is 2.23. The van der Waals surface area contributed by atoms with Crippen molar-refractivity contribution in [3.63, 3.8) is 0 Å². The minimum absolute atomic E-state index is 0.317. The van der Waals surface area contributed by atoms with Crippen LogP contribution in [-0.4, -0.2) is 35.7 Å². The zero-order valence-electron chi connectivity index (χ0n) is 13.4. The maximum atomic E-state index is 12.4. The summed E-state index contributed by atoms with van der Waals surface area (Å²) in [6, 6.07) is 5.34. The van der Waals surface area contributed by atoms with Crippen molar-refractivity contribution in [1.29, 1.82) is 0 Å². The van der Waals surface area contributed by atoms with Crippen LogP contribution in [0.15, 0.2) is 34.9 Å². The molecule has 1 amide bonds. The standard InChI is InChI=1S/C16H16N4O3S/c1-10-14(20-6-7-24-16(20)18-10)15(21)19-17-9-11-4-5-12(22-2)8-13(11)23-3/h4-9H,1-3H3,(H,19,21)/b17-9-. The number of aryl methyl sites for hydroxylation is 1. The van der Waals surface area contributed by atoms with E-state index in [4.69, 9.17) is 9.47 Å². The summed E-state index contributed by atoms with van der Waals surface area (Å²) in [7, 11) is 3.15. The molecule has 0 aliphatic heterocycles. The van der Waals surface area contributed by atoms with E-state index >= 15 is 0 Å². The molecule has 0 saturated heterocycles. The van der Waals surface area contributed by atoms with Crippen LogP contribution in [0.1, 0.15) is 21.7 Å². The lowest BCUT2D eigenvalue weighted by Crippen LogP contribution is -2.20. The highest BCUT2D eigenvalue weighted by Gasteiger charge is 2.16. The number of nitrogens with zero attached hydrogens (tertiary/aromatic N) is 3. The lowest BCUT2D eigenvalue weighted by atomic mass is 10.2. The van der Waals surface area contributed by atoms with Crippen molar-refractivity contribution in [2.24, 2.45) is 5.10 Å². The number of hydrogen-bond donors (Lipinski definition) is 1. The molecule has 1 N–H and O–H groups in total. The van der Waals surface area contributed by atoms with Crippen molar-refractivity contribution < 1.29 is 14.3 Å². The molecular weight excluding hydrogens is 328 g/mol. The Bertz CT molecular complexity index is 913. The van der Waals surface area contributed by atoms with Gasteiger partial charge in [-0.3, -0.25) is 9.20 Å². The third kappa shape index (κ3) is 2.95. The van der Waals surface area contributed by atoms with E-state index in [1.807, 2.05) is 11.6 Å². The smallest absolute Gasteiger partial charge is 0.290 e. The number of hydrogen-bond acceptors (Lipinski definition) is 6. The normalized spacial score (nSPS) is 11.1. The van der Waals surface area contributed by atoms with Gasteiger partial charge in [0.2, 0.25) is 0 Å². The van der Waals surface area contributed by atoms with Gasteiger partial charge >= 0.3 is 0 Å². The Balaban J connectivity index is 1.78. The highest BCUT2D eigenvalue weighted by atomic mass is 32.1. The zero-order valence-corrected chi connectivity index (χ0v) is 14.3. The molecule has 0 radical (unpaired) electrons. The van der Waals surface area contributed by atoms with E-state index in [2.05, 4.69) is 15.5 Å². The first-order chi connectivity index (χ1) is 11.6. The first-order valence-electron chi connectivity index (χ1n) is 7.11. The molecule has 0 spiro atoms. The van der Waals surface area contributed by atoms with Crippen molar-refractivity contribution >= 4 is 28.4 Å². The van der Waals surface area contributed by atoms with E-state index in [1.165, 1.54) is 17.6 Å². The van der Waals surface area contributed by atoms with Gasteiger partial charge in [-0.15, -0.1) is 11.3 Å². The lowest BCUT2D eigenvalue weighted by molar-refractivity contribution is 0.0948. The molecule has 0 saturated carbocycles. The molecule has 0 aliphatic carbocycles. The Morgan fingerprint density at radius 1 is 1.38 bits per heavy atom. The highest BCUT2D eigenvalue weighted by molar-refractivity contribution is 7.15. The van der Waals surface area contributed by atoms with E-state index in [9.17, 15) is 4.79 Å². The fraction of sp³-hybridized carbons (Fsp3) is 0.188. The van der Waals surface area contributed by atoms with Gasteiger partial charge in [-0.2, -0.15) is 5.10 Å². The average Bonchev–Trinajstić information content (AvgIpc) is 3.14. The molecule has 3 rings (SSSR count). The van der Waals surface area contributed by atoms with E-state index in [-0.39, 0.29) is 5.91 Å². The van der Waals surface area contributed by atoms with Gasteiger partial charge in [-0.1, -0.05) is 0 Å². The number of aromatic nitrogens is 2. The summed E-state index contributed by atoms with van der Waals surface area (Å²) >= 11 is 1.47. The predicted molar refractivity (Wildman–Crippen MR) is 92.4 cm³/mol. The third-order valence-electron chi connectivity index (χ3n) is 3.46. The van der Waals surface area contributed by atoms with Crippen LogP contribution in [0.25, 0.3) is 4.96 Å². The van der Waals surface area contributed by atoms with Gasteiger partial charge in [-0.25, -0.2) is 10.4 Å². The van der Waals surface area contributed by atoms with Crippen molar-refractivity contribution in [2.45, 2.75) is 6.92 Å². The second-order valence-electron chi connectivity index (χ2n) is 4.91. The van der Waals surface area contributed by atoms with Crippen molar-refractivity contribution in [3.8, 4) is 11.5 Å². The number of amides is 1. The number of benzene rings is 1. The first-order valence-corrected chi connectivity index (χ1v) is 7.99. The maximum absolute atomic E-state index is 12.4. The number of carbonyl (C=O) groups excluding carboxylic acids is 1. The number of thiazole rings is 1. The number of fused-ring (bicyclic) bond motifs is 1. The summed E-state index contributed by atoms with van der Waals surface area (Å²) in [4.78, 5) is 17.5. The van der Waals surface area contributed by atoms with Gasteiger partial charge in [0.25, 0.3) is 5.91 Å². The topological polar surface area (TPSA) is 77.2 Å². The molecule has 124 valence electrons. The van der Waals surface area contributed by atoms with E-state index in [1.54, 1.807) is 43.7 Å². The number of methoxy groups -OCH3 is 2. The van der Waals surface area contributed by atoms with Crippen LogP contribution in [0.3, 0.4) is 0 Å². The summed E-state index contributed by atoms with van der Waals surface area (Å²) in [5, 5.41) is 5.89. The molecule has 0 bridgehead atoms. The number of imidazole rings is 1. The molecule has 2 heterocycles. The number of hydrazone groups is 1. The lowest BCUT2D eigenvalue weighted by Gasteiger charge is -2.07. The van der Waals surface area contributed by atoms with Gasteiger partial charge in [0, 0.05) is 23.2 Å². The largest absolute Gasteiger partial charge is 0.497 e. The molecule has 24 heavy (non-hydrogen) atoms.